The monoisotopic (exact) mass is 295 g/mol. The highest BCUT2D eigenvalue weighted by molar-refractivity contribution is 5.84. The number of aliphatic hydroxyl groups excluding tert-OH is 1. The van der Waals surface area contributed by atoms with Crippen LogP contribution in [-0.4, -0.2) is 29.0 Å². The lowest BCUT2D eigenvalue weighted by Crippen LogP contribution is -2.29. The first kappa shape index (κ1) is 17.3. The Hall–Kier alpha value is -1.75. The lowest BCUT2D eigenvalue weighted by Gasteiger charge is -2.25. The van der Waals surface area contributed by atoms with Gasteiger partial charge in [-0.25, -0.2) is 4.79 Å². The lowest BCUT2D eigenvalue weighted by atomic mass is 10.1. The third kappa shape index (κ3) is 6.99. The van der Waals surface area contributed by atoms with E-state index in [1.807, 2.05) is 34.6 Å². The van der Waals surface area contributed by atoms with Gasteiger partial charge >= 0.3 is 6.09 Å². The van der Waals surface area contributed by atoms with Crippen LogP contribution in [0.4, 0.5) is 10.5 Å². The molecule has 0 saturated heterocycles. The van der Waals surface area contributed by atoms with Gasteiger partial charge in [0.2, 0.25) is 0 Å². The molecule has 21 heavy (non-hydrogen) atoms. The molecule has 0 heterocycles. The van der Waals surface area contributed by atoms with Crippen molar-refractivity contribution in [3.8, 4) is 5.75 Å². The van der Waals surface area contributed by atoms with Crippen molar-refractivity contribution in [3.05, 3.63) is 24.3 Å². The molecule has 0 saturated carbocycles. The van der Waals surface area contributed by atoms with Gasteiger partial charge in [0.15, 0.2) is 0 Å². The van der Waals surface area contributed by atoms with E-state index in [4.69, 9.17) is 14.6 Å². The fraction of sp³-hybridized carbons (Fsp3) is 0.562. The third-order valence-corrected chi connectivity index (χ3v) is 2.61. The zero-order valence-corrected chi connectivity index (χ0v) is 13.4. The number of benzene rings is 1. The van der Waals surface area contributed by atoms with Crippen LogP contribution in [0.2, 0.25) is 0 Å². The summed E-state index contributed by atoms with van der Waals surface area (Å²) in [6.07, 6.45) is 0.0574. The first-order chi connectivity index (χ1) is 9.61. The van der Waals surface area contributed by atoms with Gasteiger partial charge in [-0.1, -0.05) is 0 Å². The van der Waals surface area contributed by atoms with E-state index in [0.29, 0.717) is 17.9 Å². The van der Waals surface area contributed by atoms with Crippen molar-refractivity contribution in [1.82, 2.24) is 0 Å². The van der Waals surface area contributed by atoms with Gasteiger partial charge in [0.05, 0.1) is 0 Å². The number of anilines is 1. The molecular weight excluding hydrogens is 270 g/mol. The summed E-state index contributed by atoms with van der Waals surface area (Å²) in [5, 5.41) is 11.6. The van der Waals surface area contributed by atoms with E-state index >= 15 is 0 Å². The number of nitrogens with one attached hydrogen (secondary N) is 1. The predicted octanol–water partition coefficient (Wildman–Crippen LogP) is 3.57. The van der Waals surface area contributed by atoms with Crippen molar-refractivity contribution in [2.45, 2.75) is 52.2 Å². The number of amides is 1. The maximum Gasteiger partial charge on any atom is 0.412 e. The van der Waals surface area contributed by atoms with Gasteiger partial charge in [-0.15, -0.1) is 0 Å². The van der Waals surface area contributed by atoms with E-state index in [1.165, 1.54) is 0 Å². The fourth-order valence-corrected chi connectivity index (χ4v) is 1.67. The molecule has 0 aromatic heterocycles. The molecule has 118 valence electrons. The summed E-state index contributed by atoms with van der Waals surface area (Å²) in [7, 11) is 0. The lowest BCUT2D eigenvalue weighted by molar-refractivity contribution is 0.0634. The standard InChI is InChI=1S/C16H25NO4/c1-15(2,3)21-14(19)17-12-6-8-13(9-7-12)20-16(4,5)10-11-18/h6-9,18H,10-11H2,1-5H3,(H,17,19). The maximum atomic E-state index is 11.6. The van der Waals surface area contributed by atoms with Crippen molar-refractivity contribution >= 4 is 11.8 Å². The minimum Gasteiger partial charge on any atom is -0.488 e. The Morgan fingerprint density at radius 2 is 1.71 bits per heavy atom. The molecule has 0 fully saturated rings. The van der Waals surface area contributed by atoms with Gasteiger partial charge in [-0.05, 0) is 58.9 Å². The fourth-order valence-electron chi connectivity index (χ4n) is 1.67. The first-order valence-corrected chi connectivity index (χ1v) is 7.01. The summed E-state index contributed by atoms with van der Waals surface area (Å²) < 4.78 is 11.0. The summed E-state index contributed by atoms with van der Waals surface area (Å²) in [5.41, 5.74) is -0.326. The van der Waals surface area contributed by atoms with E-state index in [2.05, 4.69) is 5.32 Å². The summed E-state index contributed by atoms with van der Waals surface area (Å²) in [6, 6.07) is 7.03. The minimum atomic E-state index is -0.526. The number of hydrogen-bond acceptors (Lipinski definition) is 4. The molecule has 0 aliphatic rings. The Bertz CT molecular complexity index is 460. The minimum absolute atomic E-state index is 0.0747. The zero-order valence-electron chi connectivity index (χ0n) is 13.4. The highest BCUT2D eigenvalue weighted by Crippen LogP contribution is 2.23. The molecule has 1 aromatic carbocycles. The summed E-state index contributed by atoms with van der Waals surface area (Å²) in [5.74, 6) is 0.684. The van der Waals surface area contributed by atoms with Crippen LogP contribution in [0.25, 0.3) is 0 Å². The molecular formula is C16H25NO4. The second-order valence-corrected chi connectivity index (χ2v) is 6.49. The quantitative estimate of drug-likeness (QED) is 0.871. The zero-order chi connectivity index (χ0) is 16.1. The van der Waals surface area contributed by atoms with Crippen LogP contribution in [0.15, 0.2) is 24.3 Å². The molecule has 0 atom stereocenters. The summed E-state index contributed by atoms with van der Waals surface area (Å²) in [4.78, 5) is 11.6. The van der Waals surface area contributed by atoms with Crippen molar-refractivity contribution in [3.63, 3.8) is 0 Å². The Morgan fingerprint density at radius 1 is 1.14 bits per heavy atom. The van der Waals surface area contributed by atoms with Gasteiger partial charge in [-0.2, -0.15) is 0 Å². The van der Waals surface area contributed by atoms with E-state index in [-0.39, 0.29) is 6.61 Å². The second kappa shape index (κ2) is 6.80. The van der Waals surface area contributed by atoms with Crippen LogP contribution in [0.1, 0.15) is 41.0 Å². The van der Waals surface area contributed by atoms with Crippen molar-refractivity contribution in [2.24, 2.45) is 0 Å². The van der Waals surface area contributed by atoms with Gasteiger partial charge < -0.3 is 14.6 Å². The predicted molar refractivity (Wildman–Crippen MR) is 82.7 cm³/mol. The molecule has 5 heteroatoms. The molecule has 1 aromatic rings. The van der Waals surface area contributed by atoms with Gasteiger partial charge in [0, 0.05) is 18.7 Å². The largest absolute Gasteiger partial charge is 0.488 e. The Kier molecular flexibility index (Phi) is 5.61. The Balaban J connectivity index is 2.60. The van der Waals surface area contributed by atoms with Crippen LogP contribution >= 0.6 is 0 Å². The van der Waals surface area contributed by atoms with Crippen LogP contribution in [0.3, 0.4) is 0 Å². The molecule has 0 radical (unpaired) electrons. The Morgan fingerprint density at radius 3 is 2.19 bits per heavy atom. The Labute approximate surface area is 126 Å². The number of rotatable bonds is 5. The summed E-state index contributed by atoms with van der Waals surface area (Å²) in [6.45, 7) is 9.34. The smallest absolute Gasteiger partial charge is 0.412 e. The van der Waals surface area contributed by atoms with Crippen LogP contribution in [0, 0.1) is 0 Å². The molecule has 0 aliphatic heterocycles. The van der Waals surface area contributed by atoms with Crippen LogP contribution in [-0.2, 0) is 4.74 Å². The molecule has 0 unspecified atom stereocenters. The number of carbonyl (C=O) groups is 1. The average molecular weight is 295 g/mol. The number of ether oxygens (including phenoxy) is 2. The maximum absolute atomic E-state index is 11.6. The van der Waals surface area contributed by atoms with E-state index in [0.717, 1.165) is 0 Å². The van der Waals surface area contributed by atoms with Gasteiger partial charge in [-0.3, -0.25) is 5.32 Å². The van der Waals surface area contributed by atoms with E-state index < -0.39 is 17.3 Å². The van der Waals surface area contributed by atoms with E-state index in [1.54, 1.807) is 24.3 Å². The molecule has 0 aliphatic carbocycles. The molecule has 0 bridgehead atoms. The van der Waals surface area contributed by atoms with Crippen LogP contribution < -0.4 is 10.1 Å². The van der Waals surface area contributed by atoms with Crippen molar-refractivity contribution in [2.75, 3.05) is 11.9 Å². The van der Waals surface area contributed by atoms with Crippen molar-refractivity contribution in [1.29, 1.82) is 0 Å². The van der Waals surface area contributed by atoms with Crippen LogP contribution in [0.5, 0.6) is 5.75 Å². The average Bonchev–Trinajstić information content (AvgIpc) is 2.28. The number of carbonyl (C=O) groups excluding carboxylic acids is 1. The highest BCUT2D eigenvalue weighted by Gasteiger charge is 2.19. The number of hydrogen-bond donors (Lipinski definition) is 2. The normalized spacial score (nSPS) is 11.9. The summed E-state index contributed by atoms with van der Waals surface area (Å²) >= 11 is 0. The first-order valence-electron chi connectivity index (χ1n) is 7.01. The van der Waals surface area contributed by atoms with Gasteiger partial charge in [0.1, 0.15) is 17.0 Å². The SMILES string of the molecule is CC(C)(C)OC(=O)Nc1ccc(OC(C)(C)CCO)cc1. The molecule has 1 rings (SSSR count). The molecule has 1 amide bonds. The highest BCUT2D eigenvalue weighted by atomic mass is 16.6. The number of aliphatic hydroxyl groups is 1. The van der Waals surface area contributed by atoms with Gasteiger partial charge in [0.25, 0.3) is 0 Å². The molecule has 2 N–H and O–H groups in total. The molecule has 0 spiro atoms. The topological polar surface area (TPSA) is 67.8 Å². The third-order valence-electron chi connectivity index (χ3n) is 2.61. The molecule has 5 nitrogen and oxygen atoms in total. The van der Waals surface area contributed by atoms with E-state index in [9.17, 15) is 4.79 Å². The second-order valence-electron chi connectivity index (χ2n) is 6.49. The van der Waals surface area contributed by atoms with Crippen molar-refractivity contribution < 1.29 is 19.4 Å².